The molecule has 0 spiro atoms. The number of nitrogens with one attached hydrogen (secondary N) is 1. The van der Waals surface area contributed by atoms with E-state index >= 15 is 0 Å². The largest absolute Gasteiger partial charge is 0.486 e. The fraction of sp³-hybridized carbons (Fsp3) is 0.500. The van der Waals surface area contributed by atoms with Crippen molar-refractivity contribution in [1.82, 2.24) is 15.1 Å². The zero-order valence-corrected chi connectivity index (χ0v) is 23.5. The van der Waals surface area contributed by atoms with Gasteiger partial charge in [-0.05, 0) is 55.5 Å². The third-order valence-electron chi connectivity index (χ3n) is 7.06. The van der Waals surface area contributed by atoms with Crippen molar-refractivity contribution in [3.05, 3.63) is 65.2 Å². The average Bonchev–Trinajstić information content (AvgIpc) is 2.96. The van der Waals surface area contributed by atoms with Gasteiger partial charge in [0.15, 0.2) is 17.3 Å². The highest BCUT2D eigenvalue weighted by molar-refractivity contribution is 5.67. The Morgan fingerprint density at radius 2 is 1.55 bits per heavy atom. The summed E-state index contributed by atoms with van der Waals surface area (Å²) in [5.74, 6) is 2.63. The molecule has 0 unspecified atom stereocenters. The average molecular weight is 517 g/mol. The van der Waals surface area contributed by atoms with Crippen molar-refractivity contribution in [3.63, 3.8) is 0 Å². The van der Waals surface area contributed by atoms with Crippen molar-refractivity contribution in [3.8, 4) is 22.8 Å². The molecule has 204 valence electrons. The predicted molar refractivity (Wildman–Crippen MR) is 156 cm³/mol. The summed E-state index contributed by atoms with van der Waals surface area (Å²) in [4.78, 5) is 2.56. The van der Waals surface area contributed by atoms with Gasteiger partial charge in [-0.25, -0.2) is 0 Å². The summed E-state index contributed by atoms with van der Waals surface area (Å²) in [5, 5.41) is 13.2. The number of ether oxygens (including phenoxy) is 2. The zero-order valence-electron chi connectivity index (χ0n) is 23.5. The van der Waals surface area contributed by atoms with Gasteiger partial charge in [-0.3, -0.25) is 4.90 Å². The lowest BCUT2D eigenvalue weighted by Crippen LogP contribution is -2.26. The van der Waals surface area contributed by atoms with Crippen LogP contribution >= 0.6 is 0 Å². The lowest BCUT2D eigenvalue weighted by Gasteiger charge is -2.27. The van der Waals surface area contributed by atoms with E-state index < -0.39 is 0 Å². The Hall–Kier alpha value is -3.12. The topological polar surface area (TPSA) is 59.5 Å². The number of hydrogen-bond donors (Lipinski definition) is 1. The number of aromatic nitrogens is 2. The van der Waals surface area contributed by atoms with Gasteiger partial charge >= 0.3 is 0 Å². The van der Waals surface area contributed by atoms with Crippen molar-refractivity contribution in [2.24, 2.45) is 0 Å². The maximum Gasteiger partial charge on any atom is 0.161 e. The van der Waals surface area contributed by atoms with Crippen LogP contribution in [0.1, 0.15) is 76.0 Å². The van der Waals surface area contributed by atoms with Crippen LogP contribution in [0.2, 0.25) is 0 Å². The van der Waals surface area contributed by atoms with Gasteiger partial charge < -0.3 is 14.8 Å². The fourth-order valence-corrected chi connectivity index (χ4v) is 4.92. The highest BCUT2D eigenvalue weighted by atomic mass is 16.6. The summed E-state index contributed by atoms with van der Waals surface area (Å²) >= 11 is 0. The summed E-state index contributed by atoms with van der Waals surface area (Å²) < 4.78 is 11.6. The van der Waals surface area contributed by atoms with Crippen LogP contribution in [0.5, 0.6) is 11.5 Å². The smallest absolute Gasteiger partial charge is 0.161 e. The first-order valence-corrected chi connectivity index (χ1v) is 14.5. The van der Waals surface area contributed by atoms with Crippen LogP contribution in [-0.2, 0) is 19.5 Å². The quantitative estimate of drug-likeness (QED) is 0.214. The van der Waals surface area contributed by atoms with Crippen LogP contribution in [0.25, 0.3) is 11.3 Å². The molecule has 3 aromatic rings. The minimum atomic E-state index is 0.606. The molecule has 0 bridgehead atoms. The molecule has 0 radical (unpaired) electrons. The molecule has 1 aromatic heterocycles. The number of hydrogen-bond acceptors (Lipinski definition) is 6. The predicted octanol–water partition coefficient (Wildman–Crippen LogP) is 7.27. The Morgan fingerprint density at radius 3 is 2.32 bits per heavy atom. The van der Waals surface area contributed by atoms with E-state index in [9.17, 15) is 0 Å². The molecule has 38 heavy (non-hydrogen) atoms. The molecule has 0 saturated heterocycles. The summed E-state index contributed by atoms with van der Waals surface area (Å²) in [6, 6.07) is 16.9. The second-order valence-corrected chi connectivity index (χ2v) is 10.1. The Labute approximate surface area is 228 Å². The SMILES string of the molecule is CCCCNc1nnc(-c2ccccc2)c(CCCC)c1CN(CCCC)Cc1ccc2c(c1)OCCO2. The van der Waals surface area contributed by atoms with E-state index in [1.807, 2.05) is 6.07 Å². The summed E-state index contributed by atoms with van der Waals surface area (Å²) in [6.45, 7) is 11.6. The van der Waals surface area contributed by atoms with Crippen molar-refractivity contribution in [1.29, 1.82) is 0 Å². The molecule has 6 heteroatoms. The molecule has 2 aromatic carbocycles. The molecule has 6 nitrogen and oxygen atoms in total. The maximum atomic E-state index is 5.88. The van der Waals surface area contributed by atoms with Crippen LogP contribution in [0.15, 0.2) is 48.5 Å². The van der Waals surface area contributed by atoms with Crippen molar-refractivity contribution in [2.75, 3.05) is 31.6 Å². The standard InChI is InChI=1S/C32H44N4O2/c1-4-7-15-27-28(32(33-18-8-5-2)35-34-31(27)26-13-11-10-12-14-26)24-36(19-9-6-3)23-25-16-17-29-30(22-25)38-21-20-37-29/h10-14,16-17,22H,4-9,15,18-21,23-24H2,1-3H3,(H,33,35). The van der Waals surface area contributed by atoms with Gasteiger partial charge in [0.1, 0.15) is 13.2 Å². The second-order valence-electron chi connectivity index (χ2n) is 10.1. The highest BCUT2D eigenvalue weighted by Crippen LogP contribution is 2.33. The van der Waals surface area contributed by atoms with Crippen molar-refractivity contribution < 1.29 is 9.47 Å². The third kappa shape index (κ3) is 7.47. The van der Waals surface area contributed by atoms with Crippen LogP contribution < -0.4 is 14.8 Å². The molecule has 1 aliphatic rings. The van der Waals surface area contributed by atoms with Crippen LogP contribution in [-0.4, -0.2) is 41.4 Å². The molecule has 1 aliphatic heterocycles. The van der Waals surface area contributed by atoms with E-state index in [2.05, 4.69) is 73.5 Å². The van der Waals surface area contributed by atoms with E-state index in [1.54, 1.807) is 0 Å². The van der Waals surface area contributed by atoms with Gasteiger partial charge in [0.05, 0.1) is 5.69 Å². The first-order chi connectivity index (χ1) is 18.7. The molecule has 1 N–H and O–H groups in total. The molecule has 0 amide bonds. The van der Waals surface area contributed by atoms with E-state index in [0.717, 1.165) is 99.7 Å². The van der Waals surface area contributed by atoms with Gasteiger partial charge in [0.2, 0.25) is 0 Å². The second kappa shape index (κ2) is 14.7. The lowest BCUT2D eigenvalue weighted by atomic mass is 9.96. The molecule has 2 heterocycles. The van der Waals surface area contributed by atoms with Gasteiger partial charge in [-0.15, -0.1) is 10.2 Å². The molecular formula is C32H44N4O2. The van der Waals surface area contributed by atoms with Gasteiger partial charge in [0.25, 0.3) is 0 Å². The Morgan fingerprint density at radius 1 is 0.789 bits per heavy atom. The monoisotopic (exact) mass is 516 g/mol. The molecule has 0 fully saturated rings. The van der Waals surface area contributed by atoms with Gasteiger partial charge in [-0.2, -0.15) is 0 Å². The minimum absolute atomic E-state index is 0.606. The van der Waals surface area contributed by atoms with E-state index in [0.29, 0.717) is 13.2 Å². The normalized spacial score (nSPS) is 12.6. The summed E-state index contributed by atoms with van der Waals surface area (Å²) in [7, 11) is 0. The molecular weight excluding hydrogens is 472 g/mol. The number of fused-ring (bicyclic) bond motifs is 1. The molecule has 4 rings (SSSR count). The zero-order chi connectivity index (χ0) is 26.6. The molecule has 0 atom stereocenters. The van der Waals surface area contributed by atoms with E-state index in [-0.39, 0.29) is 0 Å². The van der Waals surface area contributed by atoms with Crippen molar-refractivity contribution in [2.45, 2.75) is 78.8 Å². The number of anilines is 1. The summed E-state index contributed by atoms with van der Waals surface area (Å²) in [6.07, 6.45) is 7.84. The first-order valence-electron chi connectivity index (χ1n) is 14.5. The molecule has 0 saturated carbocycles. The Balaban J connectivity index is 1.70. The lowest BCUT2D eigenvalue weighted by molar-refractivity contribution is 0.171. The van der Waals surface area contributed by atoms with Gasteiger partial charge in [-0.1, -0.05) is 76.4 Å². The maximum absolute atomic E-state index is 5.88. The number of benzene rings is 2. The number of rotatable bonds is 15. The van der Waals surface area contributed by atoms with Crippen LogP contribution in [0, 0.1) is 0 Å². The van der Waals surface area contributed by atoms with Crippen LogP contribution in [0.3, 0.4) is 0 Å². The third-order valence-corrected chi connectivity index (χ3v) is 7.06. The Bertz CT molecular complexity index is 1140. The minimum Gasteiger partial charge on any atom is -0.486 e. The van der Waals surface area contributed by atoms with E-state index in [1.165, 1.54) is 16.7 Å². The van der Waals surface area contributed by atoms with Gasteiger partial charge in [0, 0.05) is 30.8 Å². The van der Waals surface area contributed by atoms with Crippen LogP contribution in [0.4, 0.5) is 5.82 Å². The highest BCUT2D eigenvalue weighted by Gasteiger charge is 2.21. The summed E-state index contributed by atoms with van der Waals surface area (Å²) in [5.41, 5.74) is 6.02. The number of nitrogens with zero attached hydrogens (tertiary/aromatic N) is 3. The van der Waals surface area contributed by atoms with Crippen molar-refractivity contribution >= 4 is 5.82 Å². The first kappa shape index (κ1) is 27.9. The molecule has 0 aliphatic carbocycles. The van der Waals surface area contributed by atoms with E-state index in [4.69, 9.17) is 19.7 Å². The fourth-order valence-electron chi connectivity index (χ4n) is 4.92. The Kier molecular flexibility index (Phi) is 10.8. The number of unbranched alkanes of at least 4 members (excludes halogenated alkanes) is 3.